The first-order chi connectivity index (χ1) is 15.6. The van der Waals surface area contributed by atoms with Gasteiger partial charge in [0.15, 0.2) is 0 Å². The summed E-state index contributed by atoms with van der Waals surface area (Å²) in [6.45, 7) is 0. The summed E-state index contributed by atoms with van der Waals surface area (Å²) in [5.74, 6) is 0. The maximum Gasteiger partial charge on any atom is 0.315 e. The van der Waals surface area contributed by atoms with Crippen LogP contribution < -0.4 is 11.5 Å². The van der Waals surface area contributed by atoms with E-state index in [4.69, 9.17) is 11.5 Å². The van der Waals surface area contributed by atoms with Crippen LogP contribution in [0.4, 0.5) is 9.59 Å². The number of amides is 4. The number of rotatable bonds is 4. The number of urea groups is 2. The molecule has 4 aliphatic rings. The van der Waals surface area contributed by atoms with Gasteiger partial charge in [0.1, 0.15) is 0 Å². The average Bonchev–Trinajstić information content (AvgIpc) is 2.82. The maximum absolute atomic E-state index is 11.6. The summed E-state index contributed by atoms with van der Waals surface area (Å²) in [7, 11) is 0. The second kappa shape index (κ2) is 13.3. The maximum atomic E-state index is 11.6. The van der Waals surface area contributed by atoms with Crippen LogP contribution in [-0.2, 0) is 0 Å². The summed E-state index contributed by atoms with van der Waals surface area (Å²) < 4.78 is 0. The fraction of sp³-hybridized carbons (Fsp3) is 0.923. The smallest absolute Gasteiger partial charge is 0.315 e. The topological polar surface area (TPSA) is 92.7 Å². The number of carbonyl (C=O) groups excluding carboxylic acids is 2. The highest BCUT2D eigenvalue weighted by atomic mass is 16.2. The minimum absolute atomic E-state index is 0.182. The van der Waals surface area contributed by atoms with Gasteiger partial charge in [-0.1, -0.05) is 77.0 Å². The molecule has 4 saturated carbocycles. The Kier molecular flexibility index (Phi) is 10.5. The molecule has 0 aromatic rings. The Morgan fingerprint density at radius 1 is 0.406 bits per heavy atom. The summed E-state index contributed by atoms with van der Waals surface area (Å²) in [6, 6.07) is 1.39. The van der Waals surface area contributed by atoms with E-state index < -0.39 is 0 Å². The van der Waals surface area contributed by atoms with Crippen LogP contribution in [0.2, 0.25) is 0 Å². The Morgan fingerprint density at radius 2 is 0.594 bits per heavy atom. The van der Waals surface area contributed by atoms with Crippen molar-refractivity contribution in [1.82, 2.24) is 9.80 Å². The monoisotopic (exact) mass is 448 g/mol. The molecule has 0 atom stereocenters. The van der Waals surface area contributed by atoms with Crippen LogP contribution >= 0.6 is 0 Å². The molecule has 4 rings (SSSR count). The molecule has 184 valence electrons. The zero-order valence-corrected chi connectivity index (χ0v) is 20.3. The van der Waals surface area contributed by atoms with E-state index in [9.17, 15) is 9.59 Å². The number of primary amides is 2. The van der Waals surface area contributed by atoms with Crippen LogP contribution in [0.5, 0.6) is 0 Å². The van der Waals surface area contributed by atoms with Crippen LogP contribution in [0.1, 0.15) is 128 Å². The van der Waals surface area contributed by atoms with Crippen molar-refractivity contribution in [1.29, 1.82) is 0 Å². The van der Waals surface area contributed by atoms with Crippen molar-refractivity contribution in [3.63, 3.8) is 0 Å². The van der Waals surface area contributed by atoms with Gasteiger partial charge in [-0.15, -0.1) is 0 Å². The molecule has 0 bridgehead atoms. The van der Waals surface area contributed by atoms with E-state index in [1.165, 1.54) is 128 Å². The number of carbonyl (C=O) groups is 2. The van der Waals surface area contributed by atoms with Crippen molar-refractivity contribution in [2.75, 3.05) is 0 Å². The first-order valence-electron chi connectivity index (χ1n) is 13.7. The van der Waals surface area contributed by atoms with Gasteiger partial charge in [-0.2, -0.15) is 0 Å². The molecule has 0 spiro atoms. The zero-order chi connectivity index (χ0) is 22.8. The largest absolute Gasteiger partial charge is 0.351 e. The minimum atomic E-state index is -0.182. The summed E-state index contributed by atoms with van der Waals surface area (Å²) in [6.07, 6.45) is 24.8. The number of nitrogens with zero attached hydrogens (tertiary/aromatic N) is 2. The van der Waals surface area contributed by atoms with Gasteiger partial charge in [0, 0.05) is 24.2 Å². The minimum Gasteiger partial charge on any atom is -0.351 e. The Hall–Kier alpha value is -1.46. The van der Waals surface area contributed by atoms with E-state index >= 15 is 0 Å². The quantitative estimate of drug-likeness (QED) is 0.546. The van der Waals surface area contributed by atoms with E-state index in [2.05, 4.69) is 0 Å². The third kappa shape index (κ3) is 7.28. The molecule has 0 unspecified atom stereocenters. The van der Waals surface area contributed by atoms with Crippen molar-refractivity contribution in [3.05, 3.63) is 0 Å². The molecule has 4 N–H and O–H groups in total. The molecule has 0 aromatic heterocycles. The van der Waals surface area contributed by atoms with Crippen molar-refractivity contribution >= 4 is 12.1 Å². The van der Waals surface area contributed by atoms with Crippen LogP contribution in [0.3, 0.4) is 0 Å². The Labute approximate surface area is 195 Å². The summed E-state index contributed by atoms with van der Waals surface area (Å²) in [5, 5.41) is 0. The van der Waals surface area contributed by atoms with E-state index in [-0.39, 0.29) is 12.1 Å². The third-order valence-corrected chi connectivity index (χ3v) is 8.38. The van der Waals surface area contributed by atoms with Crippen molar-refractivity contribution in [3.8, 4) is 0 Å². The van der Waals surface area contributed by atoms with Gasteiger partial charge >= 0.3 is 12.1 Å². The van der Waals surface area contributed by atoms with Gasteiger partial charge in [-0.05, 0) is 51.4 Å². The van der Waals surface area contributed by atoms with Crippen LogP contribution in [0.25, 0.3) is 0 Å². The highest BCUT2D eigenvalue weighted by molar-refractivity contribution is 5.73. The Balaban J connectivity index is 0.000000181. The highest BCUT2D eigenvalue weighted by Gasteiger charge is 2.32. The lowest BCUT2D eigenvalue weighted by Gasteiger charge is -2.40. The molecule has 0 radical (unpaired) electrons. The molecule has 6 nitrogen and oxygen atoms in total. The van der Waals surface area contributed by atoms with Gasteiger partial charge in [0.25, 0.3) is 0 Å². The molecule has 4 amide bonds. The number of hydrogen-bond donors (Lipinski definition) is 2. The third-order valence-electron chi connectivity index (χ3n) is 8.38. The fourth-order valence-corrected chi connectivity index (χ4v) is 6.75. The fourth-order valence-electron chi connectivity index (χ4n) is 6.75. The normalized spacial score (nSPS) is 24.2. The lowest BCUT2D eigenvalue weighted by molar-refractivity contribution is 0.110. The predicted octanol–water partition coefficient (Wildman–Crippen LogP) is 6.07. The first-order valence-corrected chi connectivity index (χ1v) is 13.7. The van der Waals surface area contributed by atoms with Crippen LogP contribution in [0, 0.1) is 0 Å². The van der Waals surface area contributed by atoms with Crippen LogP contribution in [0.15, 0.2) is 0 Å². The SMILES string of the molecule is NC(=O)N(C1CCCCC1)C1CCCCC1.NC(=O)N(C1CCCCC1)C1CCCCC1. The lowest BCUT2D eigenvalue weighted by Crippen LogP contribution is -2.51. The first kappa shape index (κ1) is 25.2. The number of hydrogen-bond acceptors (Lipinski definition) is 2. The van der Waals surface area contributed by atoms with Gasteiger partial charge in [0.2, 0.25) is 0 Å². The number of nitrogens with two attached hydrogens (primary N) is 2. The molecule has 0 aromatic carbocycles. The molecule has 6 heteroatoms. The summed E-state index contributed by atoms with van der Waals surface area (Å²) >= 11 is 0. The van der Waals surface area contributed by atoms with E-state index in [0.717, 1.165) is 0 Å². The molecule has 32 heavy (non-hydrogen) atoms. The van der Waals surface area contributed by atoms with Gasteiger partial charge < -0.3 is 21.3 Å². The van der Waals surface area contributed by atoms with Gasteiger partial charge in [-0.3, -0.25) is 0 Å². The van der Waals surface area contributed by atoms with Crippen LogP contribution in [-0.4, -0.2) is 46.0 Å². The summed E-state index contributed by atoms with van der Waals surface area (Å²) in [4.78, 5) is 27.3. The van der Waals surface area contributed by atoms with Gasteiger partial charge in [0.05, 0.1) is 0 Å². The average molecular weight is 449 g/mol. The molecule has 0 aliphatic heterocycles. The van der Waals surface area contributed by atoms with Gasteiger partial charge in [-0.25, -0.2) is 9.59 Å². The predicted molar refractivity (Wildman–Crippen MR) is 130 cm³/mol. The molecule has 0 saturated heterocycles. The zero-order valence-electron chi connectivity index (χ0n) is 20.3. The Morgan fingerprint density at radius 3 is 0.750 bits per heavy atom. The van der Waals surface area contributed by atoms with Crippen molar-refractivity contribution in [2.24, 2.45) is 11.5 Å². The highest BCUT2D eigenvalue weighted by Crippen LogP contribution is 2.31. The molecule has 4 fully saturated rings. The second-order valence-corrected chi connectivity index (χ2v) is 10.7. The molecule has 0 heterocycles. The molecular formula is C26H48N4O2. The standard InChI is InChI=1S/2C13H24N2O/c2*14-13(16)15(11-7-3-1-4-8-11)12-9-5-2-6-10-12/h2*11-12H,1-10H2,(H2,14,16). The van der Waals surface area contributed by atoms with Crippen molar-refractivity contribution < 1.29 is 9.59 Å². The second-order valence-electron chi connectivity index (χ2n) is 10.7. The molecular weight excluding hydrogens is 400 g/mol. The molecule has 4 aliphatic carbocycles. The van der Waals surface area contributed by atoms with E-state index in [1.54, 1.807) is 0 Å². The van der Waals surface area contributed by atoms with E-state index in [0.29, 0.717) is 24.2 Å². The van der Waals surface area contributed by atoms with E-state index in [1.807, 2.05) is 9.80 Å². The Bertz CT molecular complexity index is 474. The van der Waals surface area contributed by atoms with Crippen molar-refractivity contribution in [2.45, 2.75) is 153 Å². The summed E-state index contributed by atoms with van der Waals surface area (Å²) in [5.41, 5.74) is 11.2. The lowest BCUT2D eigenvalue weighted by atomic mass is 9.89.